The maximum atomic E-state index is 13.0. The zero-order valence-corrected chi connectivity index (χ0v) is 30.0. The zero-order chi connectivity index (χ0) is 37.3. The molecule has 0 spiro atoms. The zero-order valence-electron chi connectivity index (χ0n) is 30.0. The third kappa shape index (κ3) is 8.86. The standard InChI is InChI=1S/C38H44N8O7/c1-24-19-27(29-22-41-36(44-29)31-14-17-46(31)34(48)23-42-38(50)52-3)7-6-18-53-32(20-24)26-11-9-25(10-12-26)28-21-40-35(43-28)30-8-4-5-16-45(30)33(47)13-15-39-37(49)51-2/h6-7,9-12,18-22,30-31H,4-5,8,13-17,23H2,1-3H3,(H,39,49)(H,40,43)(H,41,44)(H,42,50). The Balaban J connectivity index is 1.13. The molecule has 6 rings (SSSR count). The second-order valence-electron chi connectivity index (χ2n) is 12.9. The molecule has 2 aliphatic heterocycles. The van der Waals surface area contributed by atoms with Crippen LogP contribution in [0.3, 0.4) is 0 Å². The second kappa shape index (κ2) is 16.9. The highest BCUT2D eigenvalue weighted by Crippen LogP contribution is 2.34. The highest BCUT2D eigenvalue weighted by molar-refractivity contribution is 5.83. The summed E-state index contributed by atoms with van der Waals surface area (Å²) in [6.45, 7) is 3.30. The minimum Gasteiger partial charge on any atom is -0.464 e. The van der Waals surface area contributed by atoms with Crippen LogP contribution in [0.4, 0.5) is 9.59 Å². The van der Waals surface area contributed by atoms with Crippen LogP contribution in [-0.4, -0.2) is 94.1 Å². The number of carbonyl (C=O) groups excluding carboxylic acids is 4. The van der Waals surface area contributed by atoms with Crippen molar-refractivity contribution in [1.29, 1.82) is 0 Å². The Morgan fingerprint density at radius 3 is 2.11 bits per heavy atom. The molecule has 5 heterocycles. The highest BCUT2D eigenvalue weighted by Gasteiger charge is 2.35. The molecule has 2 atom stereocenters. The number of carbonyl (C=O) groups is 4. The summed E-state index contributed by atoms with van der Waals surface area (Å²) in [5, 5.41) is 5.00. The van der Waals surface area contributed by atoms with E-state index < -0.39 is 12.2 Å². The van der Waals surface area contributed by atoms with Gasteiger partial charge in [0.15, 0.2) is 0 Å². The van der Waals surface area contributed by atoms with Crippen LogP contribution in [0.15, 0.2) is 71.6 Å². The molecule has 3 aromatic heterocycles. The number of amides is 4. The van der Waals surface area contributed by atoms with Gasteiger partial charge in [-0.05, 0) is 73.6 Å². The van der Waals surface area contributed by atoms with Gasteiger partial charge >= 0.3 is 12.2 Å². The fraction of sp³-hybridized carbons (Fsp3) is 0.368. The summed E-state index contributed by atoms with van der Waals surface area (Å²) < 4.78 is 15.2. The molecule has 4 N–H and O–H groups in total. The van der Waals surface area contributed by atoms with Gasteiger partial charge in [0.25, 0.3) is 0 Å². The molecule has 15 nitrogen and oxygen atoms in total. The van der Waals surface area contributed by atoms with E-state index in [2.05, 4.69) is 40.0 Å². The Bertz CT molecular complexity index is 1980. The molecule has 2 unspecified atom stereocenters. The van der Waals surface area contributed by atoms with Crippen molar-refractivity contribution < 1.29 is 33.1 Å². The van der Waals surface area contributed by atoms with E-state index in [-0.39, 0.29) is 43.4 Å². The maximum absolute atomic E-state index is 13.0. The van der Waals surface area contributed by atoms with Gasteiger partial charge in [0.1, 0.15) is 24.0 Å². The number of imidazole rings is 2. The van der Waals surface area contributed by atoms with Crippen LogP contribution in [0.1, 0.15) is 61.4 Å². The molecule has 4 amide bonds. The fourth-order valence-electron chi connectivity index (χ4n) is 6.56. The van der Waals surface area contributed by atoms with Crippen molar-refractivity contribution in [3.8, 4) is 33.8 Å². The van der Waals surface area contributed by atoms with Gasteiger partial charge in [-0.15, -0.1) is 0 Å². The Morgan fingerprint density at radius 1 is 0.792 bits per heavy atom. The molecule has 0 saturated carbocycles. The minimum absolute atomic E-state index is 0.0344. The van der Waals surface area contributed by atoms with Crippen molar-refractivity contribution in [2.75, 3.05) is 40.4 Å². The number of hydrogen-bond acceptors (Lipinski definition) is 9. The Hall–Kier alpha value is -6.12. The molecule has 2 aliphatic rings. The van der Waals surface area contributed by atoms with Crippen LogP contribution in [-0.2, 0) is 19.1 Å². The largest absolute Gasteiger partial charge is 0.464 e. The SMILES string of the molecule is COC(=O)NCCC(=O)N1CCCCC1c1ncc(-c2ccc(-c3cc(C)cc(-c4cnc(C5CCN5C(=O)CNC(=O)OC)[nH]4)ccco3)cc2)[nH]1. The van der Waals surface area contributed by atoms with Crippen LogP contribution < -0.4 is 10.6 Å². The first-order valence-electron chi connectivity index (χ1n) is 17.6. The Labute approximate surface area is 306 Å². The molecule has 0 aliphatic carbocycles. The molecule has 0 bridgehead atoms. The summed E-state index contributed by atoms with van der Waals surface area (Å²) in [6, 6.07) is 15.4. The van der Waals surface area contributed by atoms with Crippen LogP contribution in [0.25, 0.3) is 33.8 Å². The number of alkyl carbamates (subject to hydrolysis) is 2. The lowest BCUT2D eigenvalue weighted by molar-refractivity contribution is -0.138. The summed E-state index contributed by atoms with van der Waals surface area (Å²) in [5.74, 6) is 1.86. The van der Waals surface area contributed by atoms with E-state index in [4.69, 9.17) is 4.42 Å². The smallest absolute Gasteiger partial charge is 0.407 e. The third-order valence-electron chi connectivity index (χ3n) is 9.43. The predicted octanol–water partition coefficient (Wildman–Crippen LogP) is 5.59. The van der Waals surface area contributed by atoms with Gasteiger partial charge in [-0.1, -0.05) is 24.3 Å². The number of aromatic amines is 2. The van der Waals surface area contributed by atoms with E-state index in [0.29, 0.717) is 24.7 Å². The predicted molar refractivity (Wildman–Crippen MR) is 194 cm³/mol. The van der Waals surface area contributed by atoms with E-state index in [1.807, 2.05) is 60.4 Å². The first-order valence-corrected chi connectivity index (χ1v) is 17.6. The molecular formula is C38H44N8O7. The number of benzene rings is 1. The van der Waals surface area contributed by atoms with Gasteiger partial charge in [0, 0.05) is 31.6 Å². The van der Waals surface area contributed by atoms with E-state index in [1.165, 1.54) is 14.2 Å². The first-order chi connectivity index (χ1) is 25.7. The average Bonchev–Trinajstić information content (AvgIpc) is 3.86. The molecule has 2 saturated heterocycles. The van der Waals surface area contributed by atoms with Crippen LogP contribution in [0.2, 0.25) is 0 Å². The number of hydrogen-bond donors (Lipinski definition) is 4. The van der Waals surface area contributed by atoms with Gasteiger partial charge in [0.2, 0.25) is 11.8 Å². The topological polar surface area (TPSA) is 188 Å². The van der Waals surface area contributed by atoms with Crippen LogP contribution >= 0.6 is 0 Å². The number of nitrogens with zero attached hydrogens (tertiary/aromatic N) is 4. The summed E-state index contributed by atoms with van der Waals surface area (Å²) in [5.41, 5.74) is 5.32. The van der Waals surface area contributed by atoms with E-state index in [9.17, 15) is 19.2 Å². The fourth-order valence-corrected chi connectivity index (χ4v) is 6.56. The van der Waals surface area contributed by atoms with E-state index in [1.54, 1.807) is 23.6 Å². The minimum atomic E-state index is -0.650. The lowest BCUT2D eigenvalue weighted by Crippen LogP contribution is -2.49. The lowest BCUT2D eigenvalue weighted by Gasteiger charge is -2.39. The molecule has 53 heavy (non-hydrogen) atoms. The van der Waals surface area contributed by atoms with Crippen molar-refractivity contribution in [3.63, 3.8) is 0 Å². The third-order valence-corrected chi connectivity index (χ3v) is 9.43. The number of methoxy groups -OCH3 is 2. The van der Waals surface area contributed by atoms with Gasteiger partial charge in [-0.3, -0.25) is 9.59 Å². The molecule has 15 heteroatoms. The van der Waals surface area contributed by atoms with Gasteiger partial charge in [0.05, 0.1) is 56.3 Å². The van der Waals surface area contributed by atoms with Gasteiger partial charge in [-0.25, -0.2) is 19.6 Å². The number of ether oxygens (including phenoxy) is 2. The van der Waals surface area contributed by atoms with Gasteiger partial charge < -0.3 is 44.3 Å². The van der Waals surface area contributed by atoms with Crippen molar-refractivity contribution in [1.82, 2.24) is 40.4 Å². The molecule has 4 aromatic rings. The number of H-pyrrole nitrogens is 2. The Morgan fingerprint density at radius 2 is 1.43 bits per heavy atom. The monoisotopic (exact) mass is 724 g/mol. The molecule has 278 valence electrons. The highest BCUT2D eigenvalue weighted by atomic mass is 16.5. The molecule has 2 fully saturated rings. The molecule has 1 aromatic carbocycles. The van der Waals surface area contributed by atoms with E-state index >= 15 is 0 Å². The Kier molecular flexibility index (Phi) is 11.7. The number of likely N-dealkylation sites (tertiary alicyclic amines) is 2. The first kappa shape index (κ1) is 36.7. The number of piperidine rings is 1. The maximum Gasteiger partial charge on any atom is 0.407 e. The molecule has 0 radical (unpaired) electrons. The van der Waals surface area contributed by atoms with Gasteiger partial charge in [-0.2, -0.15) is 0 Å². The number of aryl methyl sites for hydroxylation is 1. The van der Waals surface area contributed by atoms with Crippen LogP contribution in [0, 0.1) is 6.92 Å². The van der Waals surface area contributed by atoms with Crippen molar-refractivity contribution >= 4 is 24.0 Å². The van der Waals surface area contributed by atoms with Crippen molar-refractivity contribution in [2.24, 2.45) is 0 Å². The molecular weight excluding hydrogens is 680 g/mol. The second-order valence-corrected chi connectivity index (χ2v) is 12.9. The normalized spacial score (nSPS) is 16.6. The number of aromatic nitrogens is 4. The quantitative estimate of drug-likeness (QED) is 0.162. The number of nitrogens with one attached hydrogen (secondary N) is 4. The summed E-state index contributed by atoms with van der Waals surface area (Å²) in [7, 11) is 2.55. The summed E-state index contributed by atoms with van der Waals surface area (Å²) in [4.78, 5) is 68.0. The van der Waals surface area contributed by atoms with Crippen molar-refractivity contribution in [3.05, 3.63) is 84.4 Å². The summed E-state index contributed by atoms with van der Waals surface area (Å²) in [6.07, 6.45) is 7.66. The van der Waals surface area contributed by atoms with Crippen LogP contribution in [0.5, 0.6) is 0 Å². The lowest BCUT2D eigenvalue weighted by atomic mass is 10.0. The van der Waals surface area contributed by atoms with Crippen molar-refractivity contribution in [2.45, 2.75) is 51.1 Å². The number of rotatable bonds is 10. The van der Waals surface area contributed by atoms with E-state index in [0.717, 1.165) is 65.1 Å². The average molecular weight is 725 g/mol. The summed E-state index contributed by atoms with van der Waals surface area (Å²) >= 11 is 0.